The Morgan fingerprint density at radius 1 is 1.40 bits per heavy atom. The van der Waals surface area contributed by atoms with Crippen molar-refractivity contribution in [3.63, 3.8) is 0 Å². The summed E-state index contributed by atoms with van der Waals surface area (Å²) in [7, 11) is -1.72. The topological polar surface area (TPSA) is 92.6 Å². The molecule has 3 N–H and O–H groups in total. The van der Waals surface area contributed by atoms with Gasteiger partial charge in [0.15, 0.2) is 0 Å². The molecule has 0 spiro atoms. The molecule has 1 aromatic rings. The molecule has 7 heteroatoms. The second-order valence-corrected chi connectivity index (χ2v) is 3.77. The predicted octanol–water partition coefficient (Wildman–Crippen LogP) is -1.01. The maximum Gasteiger partial charge on any atom is 0.471 e. The van der Waals surface area contributed by atoms with Crippen LogP contribution in [-0.2, 0) is 17.7 Å². The molecule has 0 amide bonds. The van der Waals surface area contributed by atoms with Gasteiger partial charge in [0.1, 0.15) is 0 Å². The molecule has 0 heterocycles. The minimum absolute atomic E-state index is 0.229. The molecular formula is C8H11BNO4S-. The van der Waals surface area contributed by atoms with Crippen LogP contribution >= 0.6 is 0 Å². The lowest BCUT2D eigenvalue weighted by atomic mass is 9.77. The Hall–Kier alpha value is -0.725. The lowest BCUT2D eigenvalue weighted by Gasteiger charge is -2.18. The summed E-state index contributed by atoms with van der Waals surface area (Å²) in [5.74, 6) is -0.925. The van der Waals surface area contributed by atoms with Crippen LogP contribution in [0.25, 0.3) is 0 Å². The molecule has 0 aliphatic heterocycles. The van der Waals surface area contributed by atoms with Crippen molar-refractivity contribution in [3.05, 3.63) is 35.9 Å². The summed E-state index contributed by atoms with van der Waals surface area (Å²) >= 11 is -2.51. The summed E-state index contributed by atoms with van der Waals surface area (Å²) in [5, 5.41) is 17.9. The van der Waals surface area contributed by atoms with Gasteiger partial charge in [-0.15, -0.1) is 0 Å². The summed E-state index contributed by atoms with van der Waals surface area (Å²) in [6, 6.07) is 8.98. The fourth-order valence-electron chi connectivity index (χ4n) is 1.20. The van der Waals surface area contributed by atoms with E-state index in [1.165, 1.54) is 0 Å². The van der Waals surface area contributed by atoms with E-state index >= 15 is 0 Å². The van der Waals surface area contributed by atoms with E-state index in [4.69, 9.17) is 10.0 Å². The van der Waals surface area contributed by atoms with Crippen LogP contribution in [0, 0.1) is 0 Å². The normalized spacial score (nSPS) is 14.6. The minimum Gasteiger partial charge on any atom is -0.760 e. The Bertz CT molecular complexity index is 322. The highest BCUT2D eigenvalue weighted by molar-refractivity contribution is 7.77. The van der Waals surface area contributed by atoms with Crippen LogP contribution in [-0.4, -0.2) is 31.9 Å². The van der Waals surface area contributed by atoms with Crippen LogP contribution in [0.5, 0.6) is 0 Å². The fourth-order valence-corrected chi connectivity index (χ4v) is 1.65. The third kappa shape index (κ3) is 4.54. The van der Waals surface area contributed by atoms with E-state index in [1.54, 1.807) is 24.3 Å². The standard InChI is InChI=1S/C8H12BNO4S/c11-9(12)8(10-15(13)14)6-7-4-2-1-3-5-7/h1-5,8,10-12H,6H2,(H,13,14)/p-1. The number of hydrogen-bond acceptors (Lipinski definition) is 4. The second kappa shape index (κ2) is 5.99. The van der Waals surface area contributed by atoms with Crippen LogP contribution in [0.3, 0.4) is 0 Å². The average Bonchev–Trinajstić information content (AvgIpc) is 2.17. The highest BCUT2D eigenvalue weighted by atomic mass is 32.2. The van der Waals surface area contributed by atoms with Crippen molar-refractivity contribution in [2.24, 2.45) is 0 Å². The highest BCUT2D eigenvalue weighted by Gasteiger charge is 2.23. The Labute approximate surface area is 90.7 Å². The molecule has 0 aliphatic carbocycles. The predicted molar refractivity (Wildman–Crippen MR) is 56.2 cm³/mol. The van der Waals surface area contributed by atoms with Gasteiger partial charge in [0, 0.05) is 11.3 Å². The molecule has 0 bridgehead atoms. The summed E-state index contributed by atoms with van der Waals surface area (Å²) in [4.78, 5) is 0. The molecule has 0 aliphatic rings. The van der Waals surface area contributed by atoms with E-state index < -0.39 is 24.3 Å². The average molecular weight is 228 g/mol. The number of benzene rings is 1. The lowest BCUT2D eigenvalue weighted by molar-refractivity contribution is 0.377. The number of hydrogen-bond donors (Lipinski definition) is 3. The van der Waals surface area contributed by atoms with Gasteiger partial charge in [-0.1, -0.05) is 30.3 Å². The molecule has 0 saturated heterocycles. The first-order chi connectivity index (χ1) is 7.09. The van der Waals surface area contributed by atoms with Gasteiger partial charge in [-0.2, -0.15) is 0 Å². The van der Waals surface area contributed by atoms with E-state index in [-0.39, 0.29) is 6.42 Å². The second-order valence-electron chi connectivity index (χ2n) is 3.06. The molecule has 82 valence electrons. The van der Waals surface area contributed by atoms with Gasteiger partial charge in [0.05, 0.1) is 5.94 Å². The molecule has 1 rings (SSSR count). The van der Waals surface area contributed by atoms with Crippen LogP contribution < -0.4 is 4.72 Å². The lowest BCUT2D eigenvalue weighted by Crippen LogP contribution is -2.45. The van der Waals surface area contributed by atoms with E-state index in [0.717, 1.165) is 5.56 Å². The molecule has 0 fully saturated rings. The molecule has 5 nitrogen and oxygen atoms in total. The van der Waals surface area contributed by atoms with Crippen molar-refractivity contribution in [2.45, 2.75) is 12.4 Å². The Morgan fingerprint density at radius 2 is 2.00 bits per heavy atom. The summed E-state index contributed by atoms with van der Waals surface area (Å²) in [6.45, 7) is 0. The van der Waals surface area contributed by atoms with Crippen LogP contribution in [0.15, 0.2) is 30.3 Å². The zero-order chi connectivity index (χ0) is 11.3. The van der Waals surface area contributed by atoms with E-state index in [9.17, 15) is 8.76 Å². The molecule has 1 aromatic carbocycles. The van der Waals surface area contributed by atoms with E-state index in [0.29, 0.717) is 0 Å². The minimum atomic E-state index is -2.51. The van der Waals surface area contributed by atoms with Crippen molar-refractivity contribution < 1.29 is 18.8 Å². The zero-order valence-corrected chi connectivity index (χ0v) is 8.68. The monoisotopic (exact) mass is 228 g/mol. The molecule has 0 aromatic heterocycles. The zero-order valence-electron chi connectivity index (χ0n) is 7.87. The van der Waals surface area contributed by atoms with Gasteiger partial charge in [-0.25, -0.2) is 4.72 Å². The van der Waals surface area contributed by atoms with Crippen molar-refractivity contribution in [2.75, 3.05) is 0 Å². The van der Waals surface area contributed by atoms with Crippen LogP contribution in [0.2, 0.25) is 0 Å². The SMILES string of the molecule is O=S([O-])NC(Cc1ccccc1)B(O)O. The van der Waals surface area contributed by atoms with Crippen LogP contribution in [0.1, 0.15) is 5.56 Å². The molecule has 2 atom stereocenters. The summed E-state index contributed by atoms with van der Waals surface area (Å²) in [6.07, 6.45) is 0.229. The van der Waals surface area contributed by atoms with Gasteiger partial charge >= 0.3 is 7.12 Å². The first-order valence-corrected chi connectivity index (χ1v) is 5.42. The van der Waals surface area contributed by atoms with Crippen molar-refractivity contribution >= 4 is 18.4 Å². The third-order valence-corrected chi connectivity index (χ3v) is 2.40. The van der Waals surface area contributed by atoms with Crippen LogP contribution in [0.4, 0.5) is 0 Å². The maximum atomic E-state index is 10.4. The summed E-state index contributed by atoms with van der Waals surface area (Å²) < 4.78 is 22.8. The molecule has 0 saturated carbocycles. The molecule has 15 heavy (non-hydrogen) atoms. The van der Waals surface area contributed by atoms with Gasteiger partial charge in [-0.3, -0.25) is 4.21 Å². The van der Waals surface area contributed by atoms with Gasteiger partial charge in [-0.05, 0) is 12.0 Å². The van der Waals surface area contributed by atoms with Crippen molar-refractivity contribution in [3.8, 4) is 0 Å². The van der Waals surface area contributed by atoms with E-state index in [1.807, 2.05) is 10.8 Å². The Balaban J connectivity index is 2.63. The number of nitrogens with one attached hydrogen (secondary N) is 1. The van der Waals surface area contributed by atoms with E-state index in [2.05, 4.69) is 0 Å². The molecule has 0 radical (unpaired) electrons. The van der Waals surface area contributed by atoms with Gasteiger partial charge < -0.3 is 14.6 Å². The highest BCUT2D eigenvalue weighted by Crippen LogP contribution is 2.04. The Kier molecular flexibility index (Phi) is 4.93. The molecular weight excluding hydrogens is 217 g/mol. The third-order valence-electron chi connectivity index (χ3n) is 1.91. The quantitative estimate of drug-likeness (QED) is 0.445. The number of rotatable bonds is 5. The van der Waals surface area contributed by atoms with Gasteiger partial charge in [0.25, 0.3) is 0 Å². The smallest absolute Gasteiger partial charge is 0.471 e. The van der Waals surface area contributed by atoms with Crippen molar-refractivity contribution in [1.29, 1.82) is 0 Å². The summed E-state index contributed by atoms with van der Waals surface area (Å²) in [5.41, 5.74) is 0.827. The fraction of sp³-hybridized carbons (Fsp3) is 0.250. The first kappa shape index (κ1) is 12.3. The molecule has 2 unspecified atom stereocenters. The first-order valence-electron chi connectivity index (χ1n) is 4.35. The van der Waals surface area contributed by atoms with Crippen molar-refractivity contribution in [1.82, 2.24) is 4.72 Å². The Morgan fingerprint density at radius 3 is 2.47 bits per heavy atom. The maximum absolute atomic E-state index is 10.4. The van der Waals surface area contributed by atoms with Gasteiger partial charge in [0.2, 0.25) is 0 Å². The largest absolute Gasteiger partial charge is 0.760 e.